The number of para-hydroxylation sites is 1. The van der Waals surface area contributed by atoms with Gasteiger partial charge in [-0.1, -0.05) is 18.2 Å². The summed E-state index contributed by atoms with van der Waals surface area (Å²) in [6.07, 6.45) is 0. The van der Waals surface area contributed by atoms with Crippen molar-refractivity contribution in [2.75, 3.05) is 12.4 Å². The van der Waals surface area contributed by atoms with E-state index in [1.807, 2.05) is 31.2 Å². The highest BCUT2D eigenvalue weighted by Gasteiger charge is 2.15. The van der Waals surface area contributed by atoms with Gasteiger partial charge >= 0.3 is 0 Å². The maximum absolute atomic E-state index is 11.7. The van der Waals surface area contributed by atoms with Crippen LogP contribution >= 0.6 is 11.5 Å². The first kappa shape index (κ1) is 13.7. The second-order valence-electron chi connectivity index (χ2n) is 4.24. The van der Waals surface area contributed by atoms with Crippen molar-refractivity contribution in [3.63, 3.8) is 0 Å². The molecule has 0 unspecified atom stereocenters. The number of benzene rings is 1. The number of anilines is 2. The second-order valence-corrected chi connectivity index (χ2v) is 5.02. The van der Waals surface area contributed by atoms with Gasteiger partial charge in [0.25, 0.3) is 0 Å². The molecule has 0 fully saturated rings. The summed E-state index contributed by atoms with van der Waals surface area (Å²) in [6.45, 7) is 3.93. The van der Waals surface area contributed by atoms with E-state index < -0.39 is 0 Å². The van der Waals surface area contributed by atoms with Crippen LogP contribution in [0, 0.1) is 6.92 Å². The number of hydrogen-bond donors (Lipinski definition) is 1. The minimum absolute atomic E-state index is 0.0259. The summed E-state index contributed by atoms with van der Waals surface area (Å²) in [6, 6.07) is 7.87. The maximum atomic E-state index is 11.7. The molecule has 0 saturated carbocycles. The van der Waals surface area contributed by atoms with Crippen molar-refractivity contribution in [1.29, 1.82) is 0 Å². The van der Waals surface area contributed by atoms with Crippen LogP contribution in [-0.2, 0) is 11.3 Å². The molecule has 0 aliphatic heterocycles. The van der Waals surface area contributed by atoms with Crippen LogP contribution in [0.2, 0.25) is 0 Å². The Labute approximate surface area is 116 Å². The fourth-order valence-electron chi connectivity index (χ4n) is 1.92. The van der Waals surface area contributed by atoms with E-state index in [1.165, 1.54) is 11.5 Å². The van der Waals surface area contributed by atoms with Crippen LogP contribution in [0.3, 0.4) is 0 Å². The molecule has 1 heterocycles. The van der Waals surface area contributed by atoms with Crippen molar-refractivity contribution in [3.8, 4) is 0 Å². The van der Waals surface area contributed by atoms with E-state index in [4.69, 9.17) is 4.74 Å². The minimum Gasteiger partial charge on any atom is -0.380 e. The number of ether oxygens (including phenoxy) is 1. The standard InChI is InChI=1S/C14H16N2O2S/c1-9-13(10(2)17)14(19-16-9)15-12-7-5-4-6-11(12)8-18-3/h4-7,15H,8H2,1-3H3. The van der Waals surface area contributed by atoms with Crippen molar-refractivity contribution in [3.05, 3.63) is 41.1 Å². The first-order valence-corrected chi connectivity index (χ1v) is 6.72. The fourth-order valence-corrected chi connectivity index (χ4v) is 2.77. The highest BCUT2D eigenvalue weighted by Crippen LogP contribution is 2.30. The lowest BCUT2D eigenvalue weighted by Gasteiger charge is -2.10. The second kappa shape index (κ2) is 5.95. The molecule has 4 nitrogen and oxygen atoms in total. The minimum atomic E-state index is 0.0259. The molecule has 2 rings (SSSR count). The van der Waals surface area contributed by atoms with Gasteiger partial charge in [0.05, 0.1) is 17.9 Å². The van der Waals surface area contributed by atoms with Crippen molar-refractivity contribution in [2.24, 2.45) is 0 Å². The molecule has 1 N–H and O–H groups in total. The smallest absolute Gasteiger partial charge is 0.164 e. The Bertz CT molecular complexity index is 593. The van der Waals surface area contributed by atoms with Gasteiger partial charge in [0, 0.05) is 18.4 Å². The average Bonchev–Trinajstić information content (AvgIpc) is 2.73. The number of aromatic nitrogens is 1. The van der Waals surface area contributed by atoms with Gasteiger partial charge in [-0.25, -0.2) is 0 Å². The Balaban J connectivity index is 2.34. The van der Waals surface area contributed by atoms with Gasteiger partial charge in [0.15, 0.2) is 5.78 Å². The van der Waals surface area contributed by atoms with Crippen molar-refractivity contribution in [2.45, 2.75) is 20.5 Å². The summed E-state index contributed by atoms with van der Waals surface area (Å²) in [5.41, 5.74) is 3.42. The number of nitrogens with one attached hydrogen (secondary N) is 1. The number of aryl methyl sites for hydroxylation is 1. The molecular weight excluding hydrogens is 260 g/mol. The number of methoxy groups -OCH3 is 1. The van der Waals surface area contributed by atoms with Crippen LogP contribution in [0.15, 0.2) is 24.3 Å². The normalized spacial score (nSPS) is 10.5. The zero-order valence-corrected chi connectivity index (χ0v) is 12.0. The molecule has 100 valence electrons. The van der Waals surface area contributed by atoms with Gasteiger partial charge < -0.3 is 10.1 Å². The van der Waals surface area contributed by atoms with Crippen LogP contribution < -0.4 is 5.32 Å². The Morgan fingerprint density at radius 3 is 2.84 bits per heavy atom. The van der Waals surface area contributed by atoms with E-state index in [9.17, 15) is 4.79 Å². The van der Waals surface area contributed by atoms with Gasteiger partial charge in [0.2, 0.25) is 0 Å². The van der Waals surface area contributed by atoms with E-state index in [0.29, 0.717) is 12.2 Å². The molecule has 19 heavy (non-hydrogen) atoms. The average molecular weight is 276 g/mol. The number of nitrogens with zero attached hydrogens (tertiary/aromatic N) is 1. The Morgan fingerprint density at radius 1 is 1.42 bits per heavy atom. The van der Waals surface area contributed by atoms with Crippen molar-refractivity contribution >= 4 is 28.0 Å². The predicted molar refractivity (Wildman–Crippen MR) is 77.3 cm³/mol. The summed E-state index contributed by atoms with van der Waals surface area (Å²) in [4.78, 5) is 11.7. The highest BCUT2D eigenvalue weighted by molar-refractivity contribution is 7.10. The number of rotatable bonds is 5. The largest absolute Gasteiger partial charge is 0.380 e. The lowest BCUT2D eigenvalue weighted by atomic mass is 10.1. The number of ketones is 1. The van der Waals surface area contributed by atoms with E-state index in [2.05, 4.69) is 9.69 Å². The molecule has 0 amide bonds. The molecule has 0 radical (unpaired) electrons. The number of hydrogen-bond acceptors (Lipinski definition) is 5. The van der Waals surface area contributed by atoms with Gasteiger partial charge in [-0.05, 0) is 31.4 Å². The molecule has 0 bridgehead atoms. The molecule has 1 aromatic carbocycles. The van der Waals surface area contributed by atoms with Crippen LogP contribution in [0.1, 0.15) is 28.5 Å². The lowest BCUT2D eigenvalue weighted by molar-refractivity contribution is 0.101. The first-order valence-electron chi connectivity index (χ1n) is 5.94. The fraction of sp³-hybridized carbons (Fsp3) is 0.286. The van der Waals surface area contributed by atoms with Crippen LogP contribution in [0.25, 0.3) is 0 Å². The quantitative estimate of drug-likeness (QED) is 0.849. The van der Waals surface area contributed by atoms with Crippen LogP contribution in [0.5, 0.6) is 0 Å². The maximum Gasteiger partial charge on any atom is 0.164 e. The van der Waals surface area contributed by atoms with E-state index >= 15 is 0 Å². The van der Waals surface area contributed by atoms with Gasteiger partial charge in [-0.2, -0.15) is 4.37 Å². The summed E-state index contributed by atoms with van der Waals surface area (Å²) < 4.78 is 9.41. The van der Waals surface area contributed by atoms with E-state index in [1.54, 1.807) is 14.0 Å². The molecule has 0 aliphatic rings. The SMILES string of the molecule is COCc1ccccc1Nc1snc(C)c1C(C)=O. The third-order valence-electron chi connectivity index (χ3n) is 2.78. The molecule has 5 heteroatoms. The van der Waals surface area contributed by atoms with E-state index in [-0.39, 0.29) is 5.78 Å². The molecule has 0 spiro atoms. The third kappa shape index (κ3) is 3.00. The number of carbonyl (C=O) groups excluding carboxylic acids is 1. The molecular formula is C14H16N2O2S. The summed E-state index contributed by atoms with van der Waals surface area (Å²) in [5.74, 6) is 0.0259. The summed E-state index contributed by atoms with van der Waals surface area (Å²) >= 11 is 1.30. The topological polar surface area (TPSA) is 51.2 Å². The molecule has 0 saturated heterocycles. The number of Topliss-reactive ketones (excluding diaryl/α,β-unsaturated/α-hetero) is 1. The molecule has 1 aromatic heterocycles. The third-order valence-corrected chi connectivity index (χ3v) is 3.63. The molecule has 2 aromatic rings. The zero-order valence-electron chi connectivity index (χ0n) is 11.2. The predicted octanol–water partition coefficient (Wildman–Crippen LogP) is 3.54. The van der Waals surface area contributed by atoms with E-state index in [0.717, 1.165) is 21.9 Å². The monoisotopic (exact) mass is 276 g/mol. The number of carbonyl (C=O) groups is 1. The van der Waals surface area contributed by atoms with Crippen LogP contribution in [-0.4, -0.2) is 17.3 Å². The Kier molecular flexibility index (Phi) is 4.29. The summed E-state index contributed by atoms with van der Waals surface area (Å²) in [5, 5.41) is 4.07. The highest BCUT2D eigenvalue weighted by atomic mass is 32.1. The van der Waals surface area contributed by atoms with Crippen molar-refractivity contribution < 1.29 is 9.53 Å². The Hall–Kier alpha value is -1.72. The first-order chi connectivity index (χ1) is 9.13. The lowest BCUT2D eigenvalue weighted by Crippen LogP contribution is -2.01. The molecule has 0 aliphatic carbocycles. The van der Waals surface area contributed by atoms with Crippen molar-refractivity contribution in [1.82, 2.24) is 4.37 Å². The summed E-state index contributed by atoms with van der Waals surface area (Å²) in [7, 11) is 1.66. The Morgan fingerprint density at radius 2 is 2.16 bits per heavy atom. The zero-order chi connectivity index (χ0) is 13.8. The molecule has 0 atom stereocenters. The van der Waals surface area contributed by atoms with Gasteiger partial charge in [0.1, 0.15) is 5.00 Å². The van der Waals surface area contributed by atoms with Crippen LogP contribution in [0.4, 0.5) is 10.7 Å². The van der Waals surface area contributed by atoms with Gasteiger partial charge in [-0.3, -0.25) is 4.79 Å². The van der Waals surface area contributed by atoms with Gasteiger partial charge in [-0.15, -0.1) is 0 Å².